The molecular formula is C18H14F2N2O2. The highest BCUT2D eigenvalue weighted by atomic mass is 19.3. The van der Waals surface area contributed by atoms with Crippen LogP contribution in [0.4, 0.5) is 14.5 Å². The molecule has 1 N–H and O–H groups in total. The zero-order valence-electron chi connectivity index (χ0n) is 12.8. The Hall–Kier alpha value is -3.02. The first-order valence-electron chi connectivity index (χ1n) is 7.25. The Kier molecular flexibility index (Phi) is 4.37. The minimum Gasteiger partial charge on any atom is -0.434 e. The van der Waals surface area contributed by atoms with E-state index in [1.54, 1.807) is 43.5 Å². The first kappa shape index (κ1) is 15.9. The van der Waals surface area contributed by atoms with E-state index in [0.29, 0.717) is 22.3 Å². The summed E-state index contributed by atoms with van der Waals surface area (Å²) in [5, 5.41) is 3.53. The fourth-order valence-electron chi connectivity index (χ4n) is 2.39. The molecule has 3 aromatic rings. The summed E-state index contributed by atoms with van der Waals surface area (Å²) in [5.74, 6) is -0.343. The van der Waals surface area contributed by atoms with Crippen LogP contribution in [0.15, 0.2) is 54.7 Å². The molecule has 0 saturated carbocycles. The predicted molar refractivity (Wildman–Crippen MR) is 87.5 cm³/mol. The molecule has 1 amide bonds. The molecule has 122 valence electrons. The van der Waals surface area contributed by atoms with Gasteiger partial charge in [-0.2, -0.15) is 8.78 Å². The molecule has 0 fully saturated rings. The van der Waals surface area contributed by atoms with Crippen LogP contribution in [0, 0.1) is 6.92 Å². The van der Waals surface area contributed by atoms with Crippen molar-refractivity contribution in [2.75, 3.05) is 5.32 Å². The molecule has 0 spiro atoms. The number of aryl methyl sites for hydroxylation is 1. The quantitative estimate of drug-likeness (QED) is 0.772. The van der Waals surface area contributed by atoms with Gasteiger partial charge in [0.1, 0.15) is 5.75 Å². The highest BCUT2D eigenvalue weighted by Gasteiger charge is 2.13. The zero-order valence-corrected chi connectivity index (χ0v) is 12.8. The summed E-state index contributed by atoms with van der Waals surface area (Å²) < 4.78 is 29.3. The van der Waals surface area contributed by atoms with Crippen molar-refractivity contribution in [1.29, 1.82) is 0 Å². The minimum atomic E-state index is -2.92. The third-order valence-corrected chi connectivity index (χ3v) is 3.54. The van der Waals surface area contributed by atoms with Gasteiger partial charge in [-0.15, -0.1) is 0 Å². The molecule has 6 heteroatoms. The number of hydrogen-bond donors (Lipinski definition) is 1. The Bertz CT molecular complexity index is 892. The third-order valence-electron chi connectivity index (χ3n) is 3.54. The summed E-state index contributed by atoms with van der Waals surface area (Å²) in [4.78, 5) is 16.7. The molecule has 24 heavy (non-hydrogen) atoms. The van der Waals surface area contributed by atoms with Gasteiger partial charge in [-0.1, -0.05) is 24.3 Å². The number of benzene rings is 2. The summed E-state index contributed by atoms with van der Waals surface area (Å²) in [5.41, 5.74) is 1.91. The van der Waals surface area contributed by atoms with E-state index in [-0.39, 0.29) is 11.7 Å². The van der Waals surface area contributed by atoms with Crippen LogP contribution in [0.3, 0.4) is 0 Å². The largest absolute Gasteiger partial charge is 0.434 e. The first-order chi connectivity index (χ1) is 11.5. The van der Waals surface area contributed by atoms with Crippen LogP contribution in [0.5, 0.6) is 5.75 Å². The second kappa shape index (κ2) is 6.62. The number of rotatable bonds is 4. The van der Waals surface area contributed by atoms with Gasteiger partial charge in [0.15, 0.2) is 0 Å². The summed E-state index contributed by atoms with van der Waals surface area (Å²) in [6.07, 6.45) is 1.61. The number of para-hydroxylation sites is 1. The fraction of sp³-hybridized carbons (Fsp3) is 0.111. The molecular weight excluding hydrogens is 314 g/mol. The number of pyridine rings is 1. The van der Waals surface area contributed by atoms with E-state index < -0.39 is 6.61 Å². The number of fused-ring (bicyclic) bond motifs is 1. The Morgan fingerprint density at radius 3 is 2.75 bits per heavy atom. The van der Waals surface area contributed by atoms with Crippen LogP contribution in [-0.2, 0) is 0 Å². The van der Waals surface area contributed by atoms with Gasteiger partial charge in [0.2, 0.25) is 0 Å². The SMILES string of the molecule is Cc1ccc(NC(=O)c2cccc3cccnc23)cc1OC(F)F. The van der Waals surface area contributed by atoms with Crippen LogP contribution in [0.1, 0.15) is 15.9 Å². The van der Waals surface area contributed by atoms with E-state index in [0.717, 1.165) is 5.39 Å². The molecule has 0 radical (unpaired) electrons. The molecule has 1 aromatic heterocycles. The van der Waals surface area contributed by atoms with Crippen LogP contribution in [0.25, 0.3) is 10.9 Å². The number of aromatic nitrogens is 1. The topological polar surface area (TPSA) is 51.2 Å². The van der Waals surface area contributed by atoms with Crippen molar-refractivity contribution in [3.63, 3.8) is 0 Å². The summed E-state index contributed by atoms with van der Waals surface area (Å²) in [6.45, 7) is -1.27. The lowest BCUT2D eigenvalue weighted by Crippen LogP contribution is -2.13. The number of hydrogen-bond acceptors (Lipinski definition) is 3. The second-order valence-electron chi connectivity index (χ2n) is 5.19. The monoisotopic (exact) mass is 328 g/mol. The number of halogens is 2. The van der Waals surface area contributed by atoms with E-state index in [2.05, 4.69) is 15.0 Å². The zero-order chi connectivity index (χ0) is 17.1. The van der Waals surface area contributed by atoms with Crippen LogP contribution in [0.2, 0.25) is 0 Å². The van der Waals surface area contributed by atoms with Crippen molar-refractivity contribution in [3.05, 3.63) is 65.9 Å². The van der Waals surface area contributed by atoms with Gasteiger partial charge in [0.25, 0.3) is 5.91 Å². The molecule has 0 bridgehead atoms. The lowest BCUT2D eigenvalue weighted by molar-refractivity contribution is -0.0502. The van der Waals surface area contributed by atoms with Gasteiger partial charge in [-0.3, -0.25) is 9.78 Å². The van der Waals surface area contributed by atoms with E-state index in [9.17, 15) is 13.6 Å². The minimum absolute atomic E-state index is 0.0267. The van der Waals surface area contributed by atoms with Crippen molar-refractivity contribution in [2.45, 2.75) is 13.5 Å². The average Bonchev–Trinajstić information content (AvgIpc) is 2.57. The molecule has 4 nitrogen and oxygen atoms in total. The fourth-order valence-corrected chi connectivity index (χ4v) is 2.39. The van der Waals surface area contributed by atoms with E-state index in [1.807, 2.05) is 12.1 Å². The molecule has 0 atom stereocenters. The van der Waals surface area contributed by atoms with Crippen molar-refractivity contribution in [2.24, 2.45) is 0 Å². The molecule has 2 aromatic carbocycles. The molecule has 0 saturated heterocycles. The Labute approximate surface area is 137 Å². The van der Waals surface area contributed by atoms with Gasteiger partial charge in [0, 0.05) is 23.3 Å². The summed E-state index contributed by atoms with van der Waals surface area (Å²) in [6, 6.07) is 13.5. The maximum Gasteiger partial charge on any atom is 0.387 e. The van der Waals surface area contributed by atoms with Crippen LogP contribution < -0.4 is 10.1 Å². The maximum atomic E-state index is 12.5. The number of nitrogens with zero attached hydrogens (tertiary/aromatic N) is 1. The molecule has 0 aliphatic heterocycles. The van der Waals surface area contributed by atoms with Crippen LogP contribution in [-0.4, -0.2) is 17.5 Å². The molecule has 0 aliphatic rings. The highest BCUT2D eigenvalue weighted by Crippen LogP contribution is 2.25. The van der Waals surface area contributed by atoms with Gasteiger partial charge in [-0.05, 0) is 30.7 Å². The number of amides is 1. The predicted octanol–water partition coefficient (Wildman–Crippen LogP) is 4.40. The van der Waals surface area contributed by atoms with Crippen molar-refractivity contribution in [3.8, 4) is 5.75 Å². The summed E-state index contributed by atoms with van der Waals surface area (Å²) in [7, 11) is 0. The van der Waals surface area contributed by atoms with Crippen molar-refractivity contribution < 1.29 is 18.3 Å². The third kappa shape index (κ3) is 3.32. The molecule has 1 heterocycles. The van der Waals surface area contributed by atoms with Gasteiger partial charge in [-0.25, -0.2) is 0 Å². The number of nitrogens with one attached hydrogen (secondary N) is 1. The number of anilines is 1. The van der Waals surface area contributed by atoms with Crippen LogP contribution >= 0.6 is 0 Å². The number of carbonyl (C=O) groups is 1. The van der Waals surface area contributed by atoms with E-state index in [1.165, 1.54) is 6.07 Å². The average molecular weight is 328 g/mol. The lowest BCUT2D eigenvalue weighted by atomic mass is 10.1. The van der Waals surface area contributed by atoms with E-state index >= 15 is 0 Å². The normalized spacial score (nSPS) is 10.8. The van der Waals surface area contributed by atoms with Crippen molar-refractivity contribution >= 4 is 22.5 Å². The second-order valence-corrected chi connectivity index (χ2v) is 5.19. The molecule has 3 rings (SSSR count). The Balaban J connectivity index is 1.89. The smallest absolute Gasteiger partial charge is 0.387 e. The van der Waals surface area contributed by atoms with Gasteiger partial charge < -0.3 is 10.1 Å². The number of carbonyl (C=O) groups excluding carboxylic acids is 1. The van der Waals surface area contributed by atoms with E-state index in [4.69, 9.17) is 0 Å². The van der Waals surface area contributed by atoms with Gasteiger partial charge >= 0.3 is 6.61 Å². The maximum absolute atomic E-state index is 12.5. The highest BCUT2D eigenvalue weighted by molar-refractivity contribution is 6.11. The van der Waals surface area contributed by atoms with Crippen molar-refractivity contribution in [1.82, 2.24) is 4.98 Å². The molecule has 0 unspecified atom stereocenters. The Morgan fingerprint density at radius 1 is 1.17 bits per heavy atom. The Morgan fingerprint density at radius 2 is 1.96 bits per heavy atom. The first-order valence-corrected chi connectivity index (χ1v) is 7.25. The lowest BCUT2D eigenvalue weighted by Gasteiger charge is -2.11. The summed E-state index contributed by atoms with van der Waals surface area (Å²) >= 11 is 0. The van der Waals surface area contributed by atoms with Gasteiger partial charge in [0.05, 0.1) is 11.1 Å². The number of ether oxygens (including phenoxy) is 1. The number of alkyl halides is 2. The molecule has 0 aliphatic carbocycles. The standard InChI is InChI=1S/C18H14F2N2O2/c1-11-7-8-13(10-15(11)24-18(19)20)22-17(23)14-6-2-4-12-5-3-9-21-16(12)14/h2-10,18H,1H3,(H,22,23).